The first-order chi connectivity index (χ1) is 14.6. The van der Waals surface area contributed by atoms with Gasteiger partial charge in [-0.05, 0) is 55.2 Å². The highest BCUT2D eigenvalue weighted by Crippen LogP contribution is 2.37. The topological polar surface area (TPSA) is 30.5 Å². The summed E-state index contributed by atoms with van der Waals surface area (Å²) in [6, 6.07) is 10.0. The van der Waals surface area contributed by atoms with Crippen LogP contribution in [0.15, 0.2) is 30.3 Å². The van der Waals surface area contributed by atoms with Crippen LogP contribution in [0.25, 0.3) is 0 Å². The molecule has 3 nitrogen and oxygen atoms in total. The zero-order valence-corrected chi connectivity index (χ0v) is 19.8. The number of halogens is 3. The Labute approximate surface area is 195 Å². The molecule has 0 atom stereocenters. The number of hydrogen-bond donors (Lipinski definition) is 1. The summed E-state index contributed by atoms with van der Waals surface area (Å²) in [5.74, 6) is 1.22. The van der Waals surface area contributed by atoms with E-state index in [1.54, 1.807) is 12.1 Å². The molecule has 6 heteroatoms. The molecule has 0 spiro atoms. The lowest BCUT2D eigenvalue weighted by molar-refractivity contribution is 0.269. The van der Waals surface area contributed by atoms with E-state index in [4.69, 9.17) is 44.3 Å². The van der Waals surface area contributed by atoms with Gasteiger partial charge in [0.05, 0.1) is 21.7 Å². The van der Waals surface area contributed by atoms with Crippen molar-refractivity contribution in [3.63, 3.8) is 0 Å². The Hall–Kier alpha value is -1.13. The van der Waals surface area contributed by atoms with Gasteiger partial charge in [0, 0.05) is 12.6 Å². The molecule has 0 saturated heterocycles. The van der Waals surface area contributed by atoms with Crippen molar-refractivity contribution in [1.82, 2.24) is 5.32 Å². The van der Waals surface area contributed by atoms with E-state index in [-0.39, 0.29) is 0 Å². The van der Waals surface area contributed by atoms with E-state index in [9.17, 15) is 0 Å². The second-order valence-corrected chi connectivity index (χ2v) is 9.02. The number of rotatable bonds is 8. The molecule has 0 aromatic heterocycles. The van der Waals surface area contributed by atoms with Crippen molar-refractivity contribution in [3.05, 3.63) is 56.5 Å². The molecule has 1 saturated carbocycles. The van der Waals surface area contributed by atoms with Crippen molar-refractivity contribution in [2.45, 2.75) is 71.1 Å². The van der Waals surface area contributed by atoms with Crippen LogP contribution in [0.4, 0.5) is 0 Å². The minimum atomic E-state index is 0.330. The standard InChI is InChI=1S/C24H30Cl3NO2/c1-2-29-23-14-18(15-28-19-8-6-4-3-5-7-9-19)13-22(27)24(23)30-16-17-10-11-20(25)21(26)12-17/h10-14,19,28H,2-9,15-16H2,1H3. The average molecular weight is 471 g/mol. The third-order valence-corrected chi connectivity index (χ3v) is 6.46. The largest absolute Gasteiger partial charge is 0.490 e. The van der Waals surface area contributed by atoms with Gasteiger partial charge in [-0.15, -0.1) is 0 Å². The van der Waals surface area contributed by atoms with Gasteiger partial charge in [-0.1, -0.05) is 73.0 Å². The van der Waals surface area contributed by atoms with Crippen molar-refractivity contribution < 1.29 is 9.47 Å². The lowest BCUT2D eigenvalue weighted by Gasteiger charge is -2.22. The fourth-order valence-electron chi connectivity index (χ4n) is 3.83. The van der Waals surface area contributed by atoms with Gasteiger partial charge in [0.1, 0.15) is 6.61 Å². The Morgan fingerprint density at radius 3 is 2.23 bits per heavy atom. The second kappa shape index (κ2) is 12.0. The predicted molar refractivity (Wildman–Crippen MR) is 126 cm³/mol. The van der Waals surface area contributed by atoms with E-state index >= 15 is 0 Å². The zero-order valence-electron chi connectivity index (χ0n) is 17.5. The molecule has 30 heavy (non-hydrogen) atoms. The summed E-state index contributed by atoms with van der Waals surface area (Å²) in [6.45, 7) is 3.60. The molecule has 0 bridgehead atoms. The van der Waals surface area contributed by atoms with Crippen molar-refractivity contribution in [2.75, 3.05) is 6.61 Å². The molecule has 0 radical (unpaired) electrons. The Kier molecular flexibility index (Phi) is 9.45. The van der Waals surface area contributed by atoms with E-state index in [0.717, 1.165) is 17.7 Å². The van der Waals surface area contributed by atoms with E-state index in [0.29, 0.717) is 45.8 Å². The van der Waals surface area contributed by atoms with Gasteiger partial charge in [-0.2, -0.15) is 0 Å². The van der Waals surface area contributed by atoms with E-state index in [1.165, 1.54) is 44.9 Å². The highest BCUT2D eigenvalue weighted by atomic mass is 35.5. The number of ether oxygens (including phenoxy) is 2. The van der Waals surface area contributed by atoms with Crippen LogP contribution < -0.4 is 14.8 Å². The van der Waals surface area contributed by atoms with Gasteiger partial charge in [0.15, 0.2) is 11.5 Å². The number of hydrogen-bond acceptors (Lipinski definition) is 3. The number of nitrogens with one attached hydrogen (secondary N) is 1. The number of benzene rings is 2. The molecule has 164 valence electrons. The lowest BCUT2D eigenvalue weighted by atomic mass is 9.96. The summed E-state index contributed by atoms with van der Waals surface area (Å²) >= 11 is 18.7. The smallest absolute Gasteiger partial charge is 0.180 e. The molecule has 0 unspecified atom stereocenters. The molecule has 0 amide bonds. The summed E-state index contributed by atoms with van der Waals surface area (Å²) in [7, 11) is 0. The van der Waals surface area contributed by atoms with Crippen molar-refractivity contribution >= 4 is 34.8 Å². The third kappa shape index (κ3) is 6.95. The first-order valence-electron chi connectivity index (χ1n) is 10.8. The second-order valence-electron chi connectivity index (χ2n) is 7.80. The van der Waals surface area contributed by atoms with Crippen LogP contribution in [0.5, 0.6) is 11.5 Å². The molecule has 3 rings (SSSR count). The van der Waals surface area contributed by atoms with Crippen LogP contribution >= 0.6 is 34.8 Å². The molecule has 1 aliphatic carbocycles. The Morgan fingerprint density at radius 2 is 1.53 bits per heavy atom. The van der Waals surface area contributed by atoms with Crippen LogP contribution in [-0.4, -0.2) is 12.6 Å². The molecule has 0 aliphatic heterocycles. The highest BCUT2D eigenvalue weighted by molar-refractivity contribution is 6.42. The Balaban J connectivity index is 1.67. The fraction of sp³-hybridized carbons (Fsp3) is 0.500. The summed E-state index contributed by atoms with van der Waals surface area (Å²) in [4.78, 5) is 0. The normalized spacial score (nSPS) is 15.5. The van der Waals surface area contributed by atoms with Gasteiger partial charge in [0.25, 0.3) is 0 Å². The molecule has 1 N–H and O–H groups in total. The van der Waals surface area contributed by atoms with Gasteiger partial charge in [-0.25, -0.2) is 0 Å². The summed E-state index contributed by atoms with van der Waals surface area (Å²) in [5.41, 5.74) is 2.02. The SMILES string of the molecule is CCOc1cc(CNC2CCCCCCC2)cc(Cl)c1OCc1ccc(Cl)c(Cl)c1. The zero-order chi connectivity index (χ0) is 21.3. The van der Waals surface area contributed by atoms with E-state index < -0.39 is 0 Å². The van der Waals surface area contributed by atoms with Crippen LogP contribution in [0.3, 0.4) is 0 Å². The van der Waals surface area contributed by atoms with Crippen LogP contribution in [0.2, 0.25) is 15.1 Å². The van der Waals surface area contributed by atoms with Crippen molar-refractivity contribution in [3.8, 4) is 11.5 Å². The molecule has 1 fully saturated rings. The molecular formula is C24H30Cl3NO2. The first-order valence-corrected chi connectivity index (χ1v) is 12.0. The highest BCUT2D eigenvalue weighted by Gasteiger charge is 2.15. The van der Waals surface area contributed by atoms with Gasteiger partial charge in [-0.3, -0.25) is 0 Å². The quantitative estimate of drug-likeness (QED) is 0.426. The first kappa shape index (κ1) is 23.5. The maximum absolute atomic E-state index is 6.58. The van der Waals surface area contributed by atoms with Gasteiger partial charge < -0.3 is 14.8 Å². The Bertz CT molecular complexity index is 820. The van der Waals surface area contributed by atoms with Crippen LogP contribution in [-0.2, 0) is 13.2 Å². The molecule has 1 aliphatic rings. The average Bonchev–Trinajstić information content (AvgIpc) is 2.69. The molecular weight excluding hydrogens is 441 g/mol. The van der Waals surface area contributed by atoms with Crippen molar-refractivity contribution in [2.24, 2.45) is 0 Å². The minimum Gasteiger partial charge on any atom is -0.490 e. The monoisotopic (exact) mass is 469 g/mol. The van der Waals surface area contributed by atoms with Gasteiger partial charge in [0.2, 0.25) is 0 Å². The van der Waals surface area contributed by atoms with Crippen LogP contribution in [0, 0.1) is 0 Å². The fourth-order valence-corrected chi connectivity index (χ4v) is 4.44. The maximum atomic E-state index is 6.58. The van der Waals surface area contributed by atoms with E-state index in [1.807, 2.05) is 25.1 Å². The third-order valence-electron chi connectivity index (χ3n) is 5.44. The van der Waals surface area contributed by atoms with E-state index in [2.05, 4.69) is 5.32 Å². The Morgan fingerprint density at radius 1 is 0.833 bits per heavy atom. The minimum absolute atomic E-state index is 0.330. The van der Waals surface area contributed by atoms with Crippen molar-refractivity contribution in [1.29, 1.82) is 0 Å². The van der Waals surface area contributed by atoms with Gasteiger partial charge >= 0.3 is 0 Å². The molecule has 0 heterocycles. The summed E-state index contributed by atoms with van der Waals surface area (Å²) in [5, 5.41) is 5.29. The lowest BCUT2D eigenvalue weighted by Crippen LogP contribution is -2.29. The van der Waals surface area contributed by atoms with Crippen LogP contribution in [0.1, 0.15) is 63.0 Å². The summed E-state index contributed by atoms with van der Waals surface area (Å²) < 4.78 is 11.8. The molecule has 2 aromatic rings. The predicted octanol–water partition coefficient (Wildman–Crippen LogP) is 7.83. The maximum Gasteiger partial charge on any atom is 0.180 e. The summed E-state index contributed by atoms with van der Waals surface area (Å²) in [6.07, 6.45) is 9.19. The molecule has 2 aromatic carbocycles.